The maximum Gasteiger partial charge on any atom is 0.407 e. The monoisotopic (exact) mass is 352 g/mol. The molecule has 136 valence electrons. The van der Waals surface area contributed by atoms with E-state index in [1.54, 1.807) is 6.92 Å². The van der Waals surface area contributed by atoms with Crippen LogP contribution in [0.25, 0.3) is 10.8 Å². The lowest BCUT2D eigenvalue weighted by molar-refractivity contribution is -0.153. The molecule has 6 heteroatoms. The van der Waals surface area contributed by atoms with Gasteiger partial charge in [-0.3, -0.25) is 5.01 Å². The summed E-state index contributed by atoms with van der Waals surface area (Å²) in [5.74, 6) is 0. The van der Waals surface area contributed by atoms with Crippen molar-refractivity contribution in [2.45, 2.75) is 32.5 Å². The van der Waals surface area contributed by atoms with E-state index in [-0.39, 0.29) is 6.61 Å². The van der Waals surface area contributed by atoms with E-state index in [0.717, 1.165) is 21.3 Å². The van der Waals surface area contributed by atoms with Crippen molar-refractivity contribution in [3.8, 4) is 0 Å². The number of benzene rings is 2. The van der Waals surface area contributed by atoms with Gasteiger partial charge in [0, 0.05) is 7.11 Å². The summed E-state index contributed by atoms with van der Waals surface area (Å²) in [6.45, 7) is 2.65. The summed E-state index contributed by atoms with van der Waals surface area (Å²) in [7, 11) is 1.48. The van der Waals surface area contributed by atoms with Gasteiger partial charge in [-0.05, 0) is 35.7 Å². The van der Waals surface area contributed by atoms with Gasteiger partial charge in [-0.25, -0.2) is 0 Å². The topological polar surface area (TPSA) is 24.8 Å². The predicted octanol–water partition coefficient (Wildman–Crippen LogP) is 4.85. The molecule has 1 atom stereocenters. The van der Waals surface area contributed by atoms with Crippen molar-refractivity contribution in [1.82, 2.24) is 5.01 Å². The molecule has 0 N–H and O–H groups in total. The summed E-state index contributed by atoms with van der Waals surface area (Å²) < 4.78 is 43.9. The Labute approximate surface area is 146 Å². The van der Waals surface area contributed by atoms with Crippen LogP contribution in [-0.2, 0) is 4.74 Å². The van der Waals surface area contributed by atoms with Gasteiger partial charge in [0.05, 0.1) is 18.4 Å². The summed E-state index contributed by atoms with van der Waals surface area (Å²) in [6.07, 6.45) is -3.81. The minimum absolute atomic E-state index is 0.196. The highest BCUT2D eigenvalue weighted by atomic mass is 19.4. The molecule has 2 aromatic carbocycles. The molecule has 0 aliphatic rings. The molecule has 3 nitrogen and oxygen atoms in total. The first-order valence-corrected chi connectivity index (χ1v) is 8.20. The van der Waals surface area contributed by atoms with Crippen LogP contribution in [0.1, 0.15) is 25.8 Å². The number of rotatable bonds is 7. The van der Waals surface area contributed by atoms with Crippen molar-refractivity contribution < 1.29 is 17.9 Å². The first-order valence-electron chi connectivity index (χ1n) is 8.20. The van der Waals surface area contributed by atoms with Gasteiger partial charge >= 0.3 is 6.18 Å². The van der Waals surface area contributed by atoms with Crippen LogP contribution in [0.15, 0.2) is 47.6 Å². The molecular weight excluding hydrogens is 329 g/mol. The first-order chi connectivity index (χ1) is 11.8. The van der Waals surface area contributed by atoms with Gasteiger partial charge in [0.2, 0.25) is 0 Å². The standard InChI is InChI=1S/C19H23F3N2O/c1-4-18(12-25-3)24(13-19(20,21)22)23-14(2)16-10-9-15-7-5-6-8-17(15)11-16/h5-11,18H,4,12-13H2,1-3H3/b23-14+/t18-/m1/s1. The zero-order valence-corrected chi connectivity index (χ0v) is 14.7. The molecule has 0 aliphatic carbocycles. The van der Waals surface area contributed by atoms with Crippen LogP contribution in [0.5, 0.6) is 0 Å². The lowest BCUT2D eigenvalue weighted by atomic mass is 10.0. The number of halogens is 3. The molecule has 0 aromatic heterocycles. The molecule has 0 saturated heterocycles. The Balaban J connectivity index is 2.34. The zero-order chi connectivity index (χ0) is 18.4. The van der Waals surface area contributed by atoms with E-state index in [1.807, 2.05) is 49.4 Å². The third kappa shape index (κ3) is 5.46. The molecule has 0 bridgehead atoms. The number of hydrogen-bond acceptors (Lipinski definition) is 3. The molecule has 0 aliphatic heterocycles. The fourth-order valence-electron chi connectivity index (χ4n) is 2.70. The number of hydrazone groups is 1. The lowest BCUT2D eigenvalue weighted by Crippen LogP contribution is -2.41. The molecule has 0 heterocycles. The van der Waals surface area contributed by atoms with Crippen LogP contribution in [-0.4, -0.2) is 43.2 Å². The van der Waals surface area contributed by atoms with Gasteiger partial charge in [0.15, 0.2) is 0 Å². The molecule has 0 unspecified atom stereocenters. The van der Waals surface area contributed by atoms with Crippen molar-refractivity contribution in [2.75, 3.05) is 20.3 Å². The zero-order valence-electron chi connectivity index (χ0n) is 14.7. The Morgan fingerprint density at radius 3 is 2.44 bits per heavy atom. The van der Waals surface area contributed by atoms with E-state index in [1.165, 1.54) is 7.11 Å². The highest BCUT2D eigenvalue weighted by molar-refractivity contribution is 6.01. The van der Waals surface area contributed by atoms with E-state index in [2.05, 4.69) is 5.10 Å². The van der Waals surface area contributed by atoms with Crippen LogP contribution in [0.2, 0.25) is 0 Å². The second kappa shape index (κ2) is 8.34. The third-order valence-corrected chi connectivity index (χ3v) is 4.04. The van der Waals surface area contributed by atoms with Crippen LogP contribution in [0, 0.1) is 0 Å². The number of methoxy groups -OCH3 is 1. The smallest absolute Gasteiger partial charge is 0.382 e. The summed E-state index contributed by atoms with van der Waals surface area (Å²) in [5, 5.41) is 7.48. The van der Waals surface area contributed by atoms with Gasteiger partial charge < -0.3 is 4.74 Å². The van der Waals surface area contributed by atoms with E-state index in [9.17, 15) is 13.2 Å². The summed E-state index contributed by atoms with van der Waals surface area (Å²) in [6, 6.07) is 13.2. The third-order valence-electron chi connectivity index (χ3n) is 4.04. The van der Waals surface area contributed by atoms with Gasteiger partial charge in [-0.2, -0.15) is 18.3 Å². The molecule has 0 amide bonds. The van der Waals surface area contributed by atoms with Gasteiger partial charge in [-0.1, -0.05) is 43.3 Å². The fourth-order valence-corrected chi connectivity index (χ4v) is 2.70. The van der Waals surface area contributed by atoms with Crippen LogP contribution >= 0.6 is 0 Å². The highest BCUT2D eigenvalue weighted by Gasteiger charge is 2.33. The Bertz CT molecular complexity index is 728. The Morgan fingerprint density at radius 2 is 1.84 bits per heavy atom. The van der Waals surface area contributed by atoms with Gasteiger partial charge in [-0.15, -0.1) is 0 Å². The second-order valence-corrected chi connectivity index (χ2v) is 5.98. The Morgan fingerprint density at radius 1 is 1.16 bits per heavy atom. The normalized spacial score (nSPS) is 13.9. The SMILES string of the molecule is CC[C@H](COC)N(CC(F)(F)F)/N=C(\C)c1ccc2ccccc2c1. The quantitative estimate of drug-likeness (QED) is 0.525. The predicted molar refractivity (Wildman–Crippen MR) is 94.9 cm³/mol. The molecule has 25 heavy (non-hydrogen) atoms. The maximum atomic E-state index is 13.0. The first kappa shape index (κ1) is 19.2. The molecule has 0 spiro atoms. The summed E-state index contributed by atoms with van der Waals surface area (Å²) in [4.78, 5) is 0. The van der Waals surface area contributed by atoms with E-state index in [0.29, 0.717) is 12.1 Å². The molecule has 0 radical (unpaired) electrons. The minimum Gasteiger partial charge on any atom is -0.382 e. The number of alkyl halides is 3. The molecule has 0 saturated carbocycles. The number of nitrogens with zero attached hydrogens (tertiary/aromatic N) is 2. The maximum absolute atomic E-state index is 13.0. The minimum atomic E-state index is -4.33. The van der Waals surface area contributed by atoms with E-state index < -0.39 is 18.8 Å². The van der Waals surface area contributed by atoms with E-state index >= 15 is 0 Å². The number of hydrogen-bond donors (Lipinski definition) is 0. The van der Waals surface area contributed by atoms with Crippen molar-refractivity contribution in [2.24, 2.45) is 5.10 Å². The van der Waals surface area contributed by atoms with Crippen LogP contribution in [0.3, 0.4) is 0 Å². The summed E-state index contributed by atoms with van der Waals surface area (Å²) in [5.41, 5.74) is 1.35. The number of fused-ring (bicyclic) bond motifs is 1. The fraction of sp³-hybridized carbons (Fsp3) is 0.421. The molecular formula is C19H23F3N2O. The van der Waals surface area contributed by atoms with Crippen molar-refractivity contribution >= 4 is 16.5 Å². The average molecular weight is 352 g/mol. The molecule has 2 aromatic rings. The van der Waals surface area contributed by atoms with E-state index in [4.69, 9.17) is 4.74 Å². The molecule has 0 fully saturated rings. The average Bonchev–Trinajstić information content (AvgIpc) is 2.57. The second-order valence-electron chi connectivity index (χ2n) is 5.98. The van der Waals surface area contributed by atoms with Gasteiger partial charge in [0.25, 0.3) is 0 Å². The van der Waals surface area contributed by atoms with Gasteiger partial charge in [0.1, 0.15) is 6.54 Å². The number of ether oxygens (including phenoxy) is 1. The van der Waals surface area contributed by atoms with Crippen LogP contribution in [0.4, 0.5) is 13.2 Å². The highest BCUT2D eigenvalue weighted by Crippen LogP contribution is 2.21. The Kier molecular flexibility index (Phi) is 6.42. The van der Waals surface area contributed by atoms with Crippen LogP contribution < -0.4 is 0 Å². The largest absolute Gasteiger partial charge is 0.407 e. The lowest BCUT2D eigenvalue weighted by Gasteiger charge is -2.29. The Hall–Kier alpha value is -2.08. The van der Waals surface area contributed by atoms with Crippen molar-refractivity contribution in [3.05, 3.63) is 48.0 Å². The van der Waals surface area contributed by atoms with Crippen molar-refractivity contribution in [3.63, 3.8) is 0 Å². The molecule has 2 rings (SSSR count). The van der Waals surface area contributed by atoms with Crippen molar-refractivity contribution in [1.29, 1.82) is 0 Å². The summed E-state index contributed by atoms with van der Waals surface area (Å²) >= 11 is 0.